The summed E-state index contributed by atoms with van der Waals surface area (Å²) < 4.78 is 1.79. The Bertz CT molecular complexity index is 362. The molecule has 0 unspecified atom stereocenters. The summed E-state index contributed by atoms with van der Waals surface area (Å²) in [5.41, 5.74) is 0. The molecule has 0 aliphatic heterocycles. The Kier molecular flexibility index (Phi) is 5.09. The third kappa shape index (κ3) is 4.52. The minimum atomic E-state index is -0.812. The highest BCUT2D eigenvalue weighted by atomic mass is 16.4. The molecule has 17 heavy (non-hydrogen) atoms. The molecule has 0 atom stereocenters. The first-order valence-electron chi connectivity index (χ1n) is 5.83. The lowest BCUT2D eigenvalue weighted by atomic mass is 10.2. The fourth-order valence-corrected chi connectivity index (χ4v) is 1.77. The molecule has 1 heterocycles. The lowest BCUT2D eigenvalue weighted by molar-refractivity contribution is -0.138. The van der Waals surface area contributed by atoms with E-state index >= 15 is 0 Å². The van der Waals surface area contributed by atoms with E-state index in [9.17, 15) is 4.79 Å². The molecule has 0 radical (unpaired) electrons. The summed E-state index contributed by atoms with van der Waals surface area (Å²) >= 11 is 0. The van der Waals surface area contributed by atoms with Crippen molar-refractivity contribution >= 4 is 5.97 Å². The number of aromatic nitrogens is 3. The fraction of sp³-hybridized carbons (Fsp3) is 0.727. The Morgan fingerprint density at radius 2 is 2.29 bits per heavy atom. The van der Waals surface area contributed by atoms with E-state index in [1.807, 2.05) is 11.8 Å². The predicted molar refractivity (Wildman–Crippen MR) is 63.4 cm³/mol. The first-order valence-corrected chi connectivity index (χ1v) is 5.83. The summed E-state index contributed by atoms with van der Waals surface area (Å²) in [6, 6.07) is 0. The maximum Gasteiger partial charge on any atom is 0.317 e. The molecule has 1 N–H and O–H groups in total. The Balaban J connectivity index is 2.67. The van der Waals surface area contributed by atoms with Gasteiger partial charge in [0.25, 0.3) is 0 Å². The molecule has 1 aromatic rings. The van der Waals surface area contributed by atoms with E-state index in [4.69, 9.17) is 5.11 Å². The van der Waals surface area contributed by atoms with Crippen LogP contribution in [0.5, 0.6) is 0 Å². The van der Waals surface area contributed by atoms with Gasteiger partial charge in [0, 0.05) is 13.1 Å². The van der Waals surface area contributed by atoms with Crippen LogP contribution in [-0.4, -0.2) is 43.8 Å². The zero-order chi connectivity index (χ0) is 12.8. The van der Waals surface area contributed by atoms with Crippen molar-refractivity contribution in [1.29, 1.82) is 0 Å². The molecular formula is C11H20N4O2. The van der Waals surface area contributed by atoms with E-state index in [0.717, 1.165) is 18.9 Å². The molecule has 1 aromatic heterocycles. The number of hydrogen-bond acceptors (Lipinski definition) is 4. The van der Waals surface area contributed by atoms with Gasteiger partial charge in [0.2, 0.25) is 0 Å². The molecular weight excluding hydrogens is 220 g/mol. The summed E-state index contributed by atoms with van der Waals surface area (Å²) in [6.07, 6.45) is 1.51. The normalized spacial score (nSPS) is 11.4. The maximum atomic E-state index is 10.8. The number of carbonyl (C=O) groups is 1. The van der Waals surface area contributed by atoms with Crippen molar-refractivity contribution in [3.63, 3.8) is 0 Å². The number of nitrogens with zero attached hydrogens (tertiary/aromatic N) is 4. The number of carboxylic acids is 1. The molecule has 0 fully saturated rings. The van der Waals surface area contributed by atoms with Crippen LogP contribution in [0.4, 0.5) is 0 Å². The topological polar surface area (TPSA) is 71.2 Å². The van der Waals surface area contributed by atoms with Crippen LogP contribution in [0.2, 0.25) is 0 Å². The second-order valence-electron chi connectivity index (χ2n) is 4.45. The number of hydrogen-bond donors (Lipinski definition) is 1. The fourth-order valence-electron chi connectivity index (χ4n) is 1.77. The Morgan fingerprint density at radius 3 is 2.82 bits per heavy atom. The van der Waals surface area contributed by atoms with E-state index in [1.165, 1.54) is 6.33 Å². The van der Waals surface area contributed by atoms with Gasteiger partial charge in [0.1, 0.15) is 12.2 Å². The minimum absolute atomic E-state index is 0.0365. The van der Waals surface area contributed by atoms with Gasteiger partial charge in [-0.25, -0.2) is 9.67 Å². The predicted octanol–water partition coefficient (Wildman–Crippen LogP) is 0.841. The summed E-state index contributed by atoms with van der Waals surface area (Å²) in [7, 11) is 0. The second-order valence-corrected chi connectivity index (χ2v) is 4.45. The van der Waals surface area contributed by atoms with E-state index in [0.29, 0.717) is 12.5 Å². The van der Waals surface area contributed by atoms with Gasteiger partial charge in [0.05, 0.1) is 13.1 Å². The van der Waals surface area contributed by atoms with Crippen molar-refractivity contribution in [3.8, 4) is 0 Å². The molecule has 0 bridgehead atoms. The lowest BCUT2D eigenvalue weighted by Crippen LogP contribution is -2.33. The van der Waals surface area contributed by atoms with Gasteiger partial charge >= 0.3 is 5.97 Å². The van der Waals surface area contributed by atoms with Gasteiger partial charge in [-0.2, -0.15) is 5.10 Å². The molecule has 0 saturated carbocycles. The van der Waals surface area contributed by atoms with Crippen molar-refractivity contribution in [3.05, 3.63) is 12.2 Å². The first kappa shape index (κ1) is 13.6. The van der Waals surface area contributed by atoms with Crippen LogP contribution in [0, 0.1) is 5.92 Å². The summed E-state index contributed by atoms with van der Waals surface area (Å²) in [4.78, 5) is 16.8. The molecule has 0 amide bonds. The lowest BCUT2D eigenvalue weighted by Gasteiger charge is -2.21. The van der Waals surface area contributed by atoms with Crippen molar-refractivity contribution in [1.82, 2.24) is 19.7 Å². The quantitative estimate of drug-likeness (QED) is 0.764. The van der Waals surface area contributed by atoms with Gasteiger partial charge in [0.15, 0.2) is 0 Å². The monoisotopic (exact) mass is 240 g/mol. The highest BCUT2D eigenvalue weighted by Gasteiger charge is 2.14. The standard InChI is InChI=1S/C11H20N4O2/c1-4-15-10(12-8-13-15)6-14(5-9(2)3)7-11(16)17/h8-9H,4-7H2,1-3H3,(H,16,17). The first-order chi connectivity index (χ1) is 8.02. The molecule has 0 aliphatic carbocycles. The second kappa shape index (κ2) is 6.34. The van der Waals surface area contributed by atoms with E-state index in [2.05, 4.69) is 23.9 Å². The average Bonchev–Trinajstić information content (AvgIpc) is 2.62. The molecule has 6 heteroatoms. The largest absolute Gasteiger partial charge is 0.480 e. The highest BCUT2D eigenvalue weighted by Crippen LogP contribution is 2.05. The SMILES string of the molecule is CCn1ncnc1CN(CC(=O)O)CC(C)C. The number of aliphatic carboxylic acids is 1. The van der Waals surface area contributed by atoms with Crippen molar-refractivity contribution in [2.45, 2.75) is 33.9 Å². The average molecular weight is 240 g/mol. The smallest absolute Gasteiger partial charge is 0.317 e. The zero-order valence-electron chi connectivity index (χ0n) is 10.6. The van der Waals surface area contributed by atoms with Crippen molar-refractivity contribution < 1.29 is 9.90 Å². The Hall–Kier alpha value is -1.43. The molecule has 0 aliphatic rings. The molecule has 6 nitrogen and oxygen atoms in total. The van der Waals surface area contributed by atoms with Gasteiger partial charge < -0.3 is 5.11 Å². The summed E-state index contributed by atoms with van der Waals surface area (Å²) in [5.74, 6) is 0.426. The van der Waals surface area contributed by atoms with Crippen LogP contribution in [0.15, 0.2) is 6.33 Å². The molecule has 96 valence electrons. The van der Waals surface area contributed by atoms with E-state index < -0.39 is 5.97 Å². The van der Waals surface area contributed by atoms with E-state index in [-0.39, 0.29) is 6.54 Å². The number of carboxylic acid groups (broad SMARTS) is 1. The van der Waals surface area contributed by atoms with Gasteiger partial charge in [-0.3, -0.25) is 9.69 Å². The van der Waals surface area contributed by atoms with Gasteiger partial charge in [-0.05, 0) is 12.8 Å². The van der Waals surface area contributed by atoms with Crippen LogP contribution in [0.1, 0.15) is 26.6 Å². The third-order valence-electron chi connectivity index (χ3n) is 2.34. The molecule has 0 aromatic carbocycles. The third-order valence-corrected chi connectivity index (χ3v) is 2.34. The van der Waals surface area contributed by atoms with Crippen LogP contribution in [0.25, 0.3) is 0 Å². The zero-order valence-corrected chi connectivity index (χ0v) is 10.6. The molecule has 0 spiro atoms. The van der Waals surface area contributed by atoms with Crippen molar-refractivity contribution in [2.75, 3.05) is 13.1 Å². The van der Waals surface area contributed by atoms with E-state index in [1.54, 1.807) is 4.68 Å². The van der Waals surface area contributed by atoms with Gasteiger partial charge in [-0.15, -0.1) is 0 Å². The van der Waals surface area contributed by atoms with Crippen LogP contribution in [-0.2, 0) is 17.9 Å². The number of aryl methyl sites for hydroxylation is 1. The maximum absolute atomic E-state index is 10.8. The summed E-state index contributed by atoms with van der Waals surface area (Å²) in [5, 5.41) is 12.9. The van der Waals surface area contributed by atoms with Crippen LogP contribution < -0.4 is 0 Å². The van der Waals surface area contributed by atoms with Gasteiger partial charge in [-0.1, -0.05) is 13.8 Å². The molecule has 1 rings (SSSR count). The highest BCUT2D eigenvalue weighted by molar-refractivity contribution is 5.69. The minimum Gasteiger partial charge on any atom is -0.480 e. The van der Waals surface area contributed by atoms with Crippen molar-refractivity contribution in [2.24, 2.45) is 5.92 Å². The number of rotatable bonds is 7. The summed E-state index contributed by atoms with van der Waals surface area (Å²) in [6.45, 7) is 8.18. The Labute approximate surface area is 101 Å². The Morgan fingerprint density at radius 1 is 1.59 bits per heavy atom. The van der Waals surface area contributed by atoms with Crippen LogP contribution in [0.3, 0.4) is 0 Å². The van der Waals surface area contributed by atoms with Crippen LogP contribution >= 0.6 is 0 Å². The molecule has 0 saturated heterocycles.